The minimum Gasteiger partial charge on any atom is -0.496 e. The van der Waals surface area contributed by atoms with Gasteiger partial charge in [-0.05, 0) is 18.2 Å². The van der Waals surface area contributed by atoms with Crippen LogP contribution in [0, 0.1) is 12.3 Å². The molecule has 3 N–H and O–H groups in total. The number of carbonyl (C=O) groups is 1. The number of carbonyl (C=O) groups excluding carboxylic acids is 1. The molecule has 0 heterocycles. The Morgan fingerprint density at radius 3 is 2.72 bits per heavy atom. The van der Waals surface area contributed by atoms with Crippen molar-refractivity contribution in [1.82, 2.24) is 5.32 Å². The summed E-state index contributed by atoms with van der Waals surface area (Å²) in [6.45, 7) is 0.0294. The number of hydrogen-bond donors (Lipinski definition) is 2. The van der Waals surface area contributed by atoms with Gasteiger partial charge in [-0.15, -0.1) is 6.42 Å². The van der Waals surface area contributed by atoms with Gasteiger partial charge in [0.05, 0.1) is 24.1 Å². The summed E-state index contributed by atoms with van der Waals surface area (Å²) in [5.74, 6) is 1.94. The standard InChI is InChI=1S/C11H12N2O4S/c1-3-6-13-11(14)9-7-8(18(12,15)16)4-5-10(9)17-2/h1,4-5,7H,6H2,2H3,(H,13,14)(H2,12,15,16). The van der Waals surface area contributed by atoms with Crippen LogP contribution >= 0.6 is 0 Å². The molecule has 18 heavy (non-hydrogen) atoms. The molecule has 0 fully saturated rings. The summed E-state index contributed by atoms with van der Waals surface area (Å²) in [5.41, 5.74) is 0.0549. The third-order valence-corrected chi connectivity index (χ3v) is 3.01. The number of rotatable bonds is 4. The van der Waals surface area contributed by atoms with E-state index in [-0.39, 0.29) is 22.8 Å². The van der Waals surface area contributed by atoms with Crippen LogP contribution in [0.1, 0.15) is 10.4 Å². The van der Waals surface area contributed by atoms with Gasteiger partial charge in [-0.2, -0.15) is 0 Å². The van der Waals surface area contributed by atoms with Crippen LogP contribution in [0.2, 0.25) is 0 Å². The fourth-order valence-corrected chi connectivity index (χ4v) is 1.81. The first kappa shape index (κ1) is 14.0. The van der Waals surface area contributed by atoms with E-state index in [4.69, 9.17) is 16.3 Å². The van der Waals surface area contributed by atoms with Crippen molar-refractivity contribution < 1.29 is 17.9 Å². The maximum absolute atomic E-state index is 11.7. The van der Waals surface area contributed by atoms with Crippen molar-refractivity contribution in [3.8, 4) is 18.1 Å². The van der Waals surface area contributed by atoms with Crippen molar-refractivity contribution >= 4 is 15.9 Å². The van der Waals surface area contributed by atoms with Crippen LogP contribution in [0.4, 0.5) is 0 Å². The third kappa shape index (κ3) is 3.23. The Hall–Kier alpha value is -2.04. The summed E-state index contributed by atoms with van der Waals surface area (Å²) in [6, 6.07) is 3.75. The third-order valence-electron chi connectivity index (χ3n) is 2.10. The van der Waals surface area contributed by atoms with Crippen LogP contribution in [0.5, 0.6) is 5.75 Å². The maximum Gasteiger partial charge on any atom is 0.255 e. The summed E-state index contributed by atoms with van der Waals surface area (Å²) < 4.78 is 27.4. The van der Waals surface area contributed by atoms with Gasteiger partial charge in [-0.3, -0.25) is 4.79 Å². The number of sulfonamides is 1. The van der Waals surface area contributed by atoms with Crippen molar-refractivity contribution in [2.75, 3.05) is 13.7 Å². The molecular formula is C11H12N2O4S. The molecule has 96 valence electrons. The van der Waals surface area contributed by atoms with Crippen LogP contribution in [0.3, 0.4) is 0 Å². The molecule has 0 spiro atoms. The van der Waals surface area contributed by atoms with Crippen molar-refractivity contribution in [3.63, 3.8) is 0 Å². The average molecular weight is 268 g/mol. The predicted octanol–water partition coefficient (Wildman–Crippen LogP) is -0.294. The molecule has 0 aliphatic heterocycles. The molecule has 0 bridgehead atoms. The largest absolute Gasteiger partial charge is 0.496 e. The van der Waals surface area contributed by atoms with Gasteiger partial charge in [-0.1, -0.05) is 5.92 Å². The second-order valence-corrected chi connectivity index (χ2v) is 4.86. The highest BCUT2D eigenvalue weighted by atomic mass is 32.2. The lowest BCUT2D eigenvalue weighted by Gasteiger charge is -2.09. The van der Waals surface area contributed by atoms with E-state index in [2.05, 4.69) is 11.2 Å². The van der Waals surface area contributed by atoms with Crippen LogP contribution in [-0.4, -0.2) is 28.0 Å². The first-order valence-electron chi connectivity index (χ1n) is 4.82. The molecule has 0 radical (unpaired) electrons. The first-order valence-corrected chi connectivity index (χ1v) is 6.37. The molecule has 1 amide bonds. The number of hydrogen-bond acceptors (Lipinski definition) is 4. The lowest BCUT2D eigenvalue weighted by atomic mass is 10.2. The number of methoxy groups -OCH3 is 1. The molecule has 7 heteroatoms. The van der Waals surface area contributed by atoms with E-state index in [0.717, 1.165) is 6.07 Å². The second kappa shape index (κ2) is 5.53. The topological polar surface area (TPSA) is 98.5 Å². The van der Waals surface area contributed by atoms with Gasteiger partial charge in [0.25, 0.3) is 5.91 Å². The Morgan fingerprint density at radius 2 is 2.22 bits per heavy atom. The zero-order valence-corrected chi connectivity index (χ0v) is 10.5. The summed E-state index contributed by atoms with van der Waals surface area (Å²) >= 11 is 0. The molecule has 6 nitrogen and oxygen atoms in total. The molecule has 0 atom stereocenters. The average Bonchev–Trinajstić information content (AvgIpc) is 2.34. The Balaban J connectivity index is 3.23. The van der Waals surface area contributed by atoms with Crippen LogP contribution in [0.15, 0.2) is 23.1 Å². The van der Waals surface area contributed by atoms with E-state index < -0.39 is 15.9 Å². The fraction of sp³-hybridized carbons (Fsp3) is 0.182. The molecule has 0 unspecified atom stereocenters. The number of terminal acetylenes is 1. The van der Waals surface area contributed by atoms with Gasteiger partial charge in [0, 0.05) is 0 Å². The number of primary sulfonamides is 1. The highest BCUT2D eigenvalue weighted by molar-refractivity contribution is 7.89. The molecule has 0 saturated heterocycles. The first-order chi connectivity index (χ1) is 8.40. The molecule has 1 aromatic rings. The normalized spacial score (nSPS) is 10.5. The molecule has 0 aliphatic carbocycles. The number of amides is 1. The Morgan fingerprint density at radius 1 is 1.56 bits per heavy atom. The van der Waals surface area contributed by atoms with E-state index in [1.54, 1.807) is 0 Å². The van der Waals surface area contributed by atoms with Crippen molar-refractivity contribution in [1.29, 1.82) is 0 Å². The lowest BCUT2D eigenvalue weighted by molar-refractivity contribution is 0.0955. The van der Waals surface area contributed by atoms with Crippen LogP contribution < -0.4 is 15.2 Å². The second-order valence-electron chi connectivity index (χ2n) is 3.29. The quantitative estimate of drug-likeness (QED) is 0.733. The maximum atomic E-state index is 11.7. The highest BCUT2D eigenvalue weighted by Crippen LogP contribution is 2.21. The SMILES string of the molecule is C#CCNC(=O)c1cc(S(N)(=O)=O)ccc1OC. The lowest BCUT2D eigenvalue weighted by Crippen LogP contribution is -2.24. The van der Waals surface area contributed by atoms with Gasteiger partial charge in [0.2, 0.25) is 10.0 Å². The molecular weight excluding hydrogens is 256 g/mol. The summed E-state index contributed by atoms with van der Waals surface area (Å²) in [5, 5.41) is 7.40. The molecule has 1 rings (SSSR count). The Kier molecular flexibility index (Phi) is 4.31. The molecule has 0 aromatic heterocycles. The number of nitrogens with one attached hydrogen (secondary N) is 1. The predicted molar refractivity (Wildman–Crippen MR) is 65.5 cm³/mol. The zero-order chi connectivity index (χ0) is 13.8. The van der Waals surface area contributed by atoms with Gasteiger partial charge in [0.1, 0.15) is 5.75 Å². The van der Waals surface area contributed by atoms with Gasteiger partial charge < -0.3 is 10.1 Å². The van der Waals surface area contributed by atoms with Gasteiger partial charge in [-0.25, -0.2) is 13.6 Å². The smallest absolute Gasteiger partial charge is 0.255 e. The monoisotopic (exact) mass is 268 g/mol. The Labute approximate surface area is 105 Å². The molecule has 0 aliphatic rings. The van der Waals surface area contributed by atoms with Crippen molar-refractivity contribution in [3.05, 3.63) is 23.8 Å². The summed E-state index contributed by atoms with van der Waals surface area (Å²) in [6.07, 6.45) is 5.01. The van der Waals surface area contributed by atoms with Crippen molar-refractivity contribution in [2.24, 2.45) is 5.14 Å². The number of benzene rings is 1. The number of ether oxygens (including phenoxy) is 1. The van der Waals surface area contributed by atoms with E-state index in [9.17, 15) is 13.2 Å². The van der Waals surface area contributed by atoms with Crippen molar-refractivity contribution in [2.45, 2.75) is 4.90 Å². The van der Waals surface area contributed by atoms with Gasteiger partial charge in [0.15, 0.2) is 0 Å². The molecule has 1 aromatic carbocycles. The van der Waals surface area contributed by atoms with E-state index in [0.29, 0.717) is 0 Å². The fourth-order valence-electron chi connectivity index (χ4n) is 1.27. The highest BCUT2D eigenvalue weighted by Gasteiger charge is 2.16. The van der Waals surface area contributed by atoms with Crippen LogP contribution in [-0.2, 0) is 10.0 Å². The zero-order valence-electron chi connectivity index (χ0n) is 9.64. The van der Waals surface area contributed by atoms with Crippen LogP contribution in [0.25, 0.3) is 0 Å². The minimum absolute atomic E-state index is 0.0294. The van der Waals surface area contributed by atoms with E-state index >= 15 is 0 Å². The minimum atomic E-state index is -3.88. The molecule has 0 saturated carbocycles. The van der Waals surface area contributed by atoms with E-state index in [1.807, 2.05) is 0 Å². The Bertz CT molecular complexity index is 602. The summed E-state index contributed by atoms with van der Waals surface area (Å²) in [7, 11) is -2.52. The summed E-state index contributed by atoms with van der Waals surface area (Å²) in [4.78, 5) is 11.6. The van der Waals surface area contributed by atoms with E-state index in [1.165, 1.54) is 19.2 Å². The van der Waals surface area contributed by atoms with Gasteiger partial charge >= 0.3 is 0 Å². The number of nitrogens with two attached hydrogens (primary N) is 1.